The van der Waals surface area contributed by atoms with E-state index in [4.69, 9.17) is 14.2 Å². The van der Waals surface area contributed by atoms with Crippen LogP contribution in [0, 0.1) is 10.8 Å². The number of rotatable bonds is 2. The highest BCUT2D eigenvalue weighted by Crippen LogP contribution is 2.71. The average Bonchev–Trinajstić information content (AvgIpc) is 3.31. The molecule has 2 aliphatic carbocycles. The SMILES string of the molecule is C/C=C\C(=O)O[C@@H]1[C@@H](O)[C@]2(C)[C@@]3(C)CCC(C)=C[C@H]3O[C@H]1[C@]21CO1. The summed E-state index contributed by atoms with van der Waals surface area (Å²) >= 11 is 0. The summed E-state index contributed by atoms with van der Waals surface area (Å²) in [5, 5.41) is 11.2. The molecule has 7 atom stereocenters. The number of allylic oxidation sites excluding steroid dienone is 2. The second-order valence-corrected chi connectivity index (χ2v) is 8.13. The molecule has 4 rings (SSSR count). The number of aliphatic hydroxyl groups excluding tert-OH is 1. The van der Waals surface area contributed by atoms with Crippen molar-refractivity contribution >= 4 is 5.97 Å². The van der Waals surface area contributed by atoms with Crippen molar-refractivity contribution in [2.75, 3.05) is 6.61 Å². The molecule has 132 valence electrons. The summed E-state index contributed by atoms with van der Waals surface area (Å²) < 4.78 is 17.9. The van der Waals surface area contributed by atoms with Crippen molar-refractivity contribution in [3.05, 3.63) is 23.8 Å². The van der Waals surface area contributed by atoms with Crippen LogP contribution in [-0.2, 0) is 19.0 Å². The van der Waals surface area contributed by atoms with Crippen LogP contribution in [0.1, 0.15) is 40.5 Å². The summed E-state index contributed by atoms with van der Waals surface area (Å²) in [6.45, 7) is 8.70. The van der Waals surface area contributed by atoms with E-state index in [-0.39, 0.29) is 11.5 Å². The van der Waals surface area contributed by atoms with Gasteiger partial charge in [0.1, 0.15) is 17.8 Å². The Balaban J connectivity index is 1.76. The van der Waals surface area contributed by atoms with Crippen molar-refractivity contribution in [1.29, 1.82) is 0 Å². The predicted molar refractivity (Wildman–Crippen MR) is 87.2 cm³/mol. The minimum absolute atomic E-state index is 0.0869. The molecule has 2 heterocycles. The molecule has 2 aliphatic heterocycles. The van der Waals surface area contributed by atoms with Crippen LogP contribution in [-0.4, -0.2) is 47.7 Å². The van der Waals surface area contributed by atoms with Gasteiger partial charge in [0, 0.05) is 16.9 Å². The van der Waals surface area contributed by atoms with E-state index in [0.29, 0.717) is 6.61 Å². The Morgan fingerprint density at radius 3 is 2.79 bits per heavy atom. The fraction of sp³-hybridized carbons (Fsp3) is 0.737. The first-order valence-corrected chi connectivity index (χ1v) is 8.78. The van der Waals surface area contributed by atoms with Gasteiger partial charge in [-0.05, 0) is 26.7 Å². The van der Waals surface area contributed by atoms with Crippen LogP contribution in [0.25, 0.3) is 0 Å². The molecule has 4 aliphatic rings. The third-order valence-electron chi connectivity index (χ3n) is 7.13. The second kappa shape index (κ2) is 4.93. The van der Waals surface area contributed by atoms with Gasteiger partial charge in [-0.15, -0.1) is 0 Å². The summed E-state index contributed by atoms with van der Waals surface area (Å²) in [5.74, 6) is -0.447. The van der Waals surface area contributed by atoms with Gasteiger partial charge in [-0.3, -0.25) is 0 Å². The maximum atomic E-state index is 12.0. The van der Waals surface area contributed by atoms with Crippen molar-refractivity contribution < 1.29 is 24.1 Å². The van der Waals surface area contributed by atoms with Crippen molar-refractivity contribution in [1.82, 2.24) is 0 Å². The van der Waals surface area contributed by atoms with E-state index >= 15 is 0 Å². The molecular weight excluding hydrogens is 308 g/mol. The minimum Gasteiger partial charge on any atom is -0.454 e. The molecule has 0 aromatic carbocycles. The maximum absolute atomic E-state index is 12.0. The van der Waals surface area contributed by atoms with E-state index in [1.54, 1.807) is 13.0 Å². The van der Waals surface area contributed by atoms with Gasteiger partial charge in [-0.1, -0.05) is 31.6 Å². The van der Waals surface area contributed by atoms with E-state index in [2.05, 4.69) is 26.8 Å². The smallest absolute Gasteiger partial charge is 0.330 e. The number of aliphatic hydroxyl groups is 1. The van der Waals surface area contributed by atoms with Gasteiger partial charge in [0.2, 0.25) is 0 Å². The molecule has 0 unspecified atom stereocenters. The number of epoxide rings is 1. The highest BCUT2D eigenvalue weighted by atomic mass is 16.7. The number of carbonyl (C=O) groups excluding carboxylic acids is 1. The van der Waals surface area contributed by atoms with Crippen LogP contribution < -0.4 is 0 Å². The third kappa shape index (κ3) is 1.73. The highest BCUT2D eigenvalue weighted by molar-refractivity contribution is 5.82. The standard InChI is InChI=1S/C19H26O5/c1-5-6-13(20)24-14-15(21)18(4)17(3)8-7-11(2)9-12(17)23-16(14)19(18)10-22-19/h5-6,9,12,14-16,21H,7-8,10H2,1-4H3/b6-5-/t12-,14-,15-,16-,17+,18-,19-/m1/s1. The zero-order chi connectivity index (χ0) is 17.3. The van der Waals surface area contributed by atoms with Crippen molar-refractivity contribution in [3.63, 3.8) is 0 Å². The molecular formula is C19H26O5. The van der Waals surface area contributed by atoms with Crippen LogP contribution in [0.15, 0.2) is 23.8 Å². The van der Waals surface area contributed by atoms with Crippen molar-refractivity contribution in [3.8, 4) is 0 Å². The summed E-state index contributed by atoms with van der Waals surface area (Å²) in [6.07, 6.45) is 5.09. The van der Waals surface area contributed by atoms with Gasteiger partial charge in [-0.25, -0.2) is 4.79 Å². The van der Waals surface area contributed by atoms with Crippen molar-refractivity contribution in [2.45, 2.75) is 70.6 Å². The maximum Gasteiger partial charge on any atom is 0.330 e. The van der Waals surface area contributed by atoms with E-state index in [0.717, 1.165) is 12.8 Å². The molecule has 0 aromatic heterocycles. The number of ether oxygens (including phenoxy) is 3. The van der Waals surface area contributed by atoms with Gasteiger partial charge in [0.05, 0.1) is 12.7 Å². The Kier molecular flexibility index (Phi) is 3.35. The lowest BCUT2D eigenvalue weighted by Gasteiger charge is -2.56. The first-order chi connectivity index (χ1) is 11.3. The van der Waals surface area contributed by atoms with Crippen LogP contribution >= 0.6 is 0 Å². The van der Waals surface area contributed by atoms with Gasteiger partial charge in [0.25, 0.3) is 0 Å². The summed E-state index contributed by atoms with van der Waals surface area (Å²) in [6, 6.07) is 0. The summed E-state index contributed by atoms with van der Waals surface area (Å²) in [5.41, 5.74) is 0.00865. The molecule has 5 heteroatoms. The fourth-order valence-corrected chi connectivity index (χ4v) is 5.32. The predicted octanol–water partition coefficient (Wildman–Crippen LogP) is 2.14. The zero-order valence-corrected chi connectivity index (χ0v) is 14.7. The second-order valence-electron chi connectivity index (χ2n) is 8.13. The van der Waals surface area contributed by atoms with Gasteiger partial charge in [-0.2, -0.15) is 0 Å². The lowest BCUT2D eigenvalue weighted by atomic mass is 9.52. The van der Waals surface area contributed by atoms with Crippen LogP contribution in [0.4, 0.5) is 0 Å². The third-order valence-corrected chi connectivity index (χ3v) is 7.13. The molecule has 1 N–H and O–H groups in total. The van der Waals surface area contributed by atoms with E-state index in [9.17, 15) is 9.90 Å². The highest BCUT2D eigenvalue weighted by Gasteiger charge is 2.84. The number of carbonyl (C=O) groups is 1. The lowest BCUT2D eigenvalue weighted by Crippen LogP contribution is -2.63. The first-order valence-electron chi connectivity index (χ1n) is 8.78. The topological polar surface area (TPSA) is 68.3 Å². The van der Waals surface area contributed by atoms with Gasteiger partial charge >= 0.3 is 5.97 Å². The Bertz CT molecular complexity index is 634. The van der Waals surface area contributed by atoms with Gasteiger partial charge in [0.15, 0.2) is 6.10 Å². The molecule has 0 amide bonds. The monoisotopic (exact) mass is 334 g/mol. The van der Waals surface area contributed by atoms with E-state index < -0.39 is 35.3 Å². The molecule has 0 radical (unpaired) electrons. The van der Waals surface area contributed by atoms with Gasteiger partial charge < -0.3 is 19.3 Å². The fourth-order valence-electron chi connectivity index (χ4n) is 5.32. The zero-order valence-electron chi connectivity index (χ0n) is 14.7. The van der Waals surface area contributed by atoms with E-state index in [1.807, 2.05) is 0 Å². The lowest BCUT2D eigenvalue weighted by molar-refractivity contribution is -0.207. The average molecular weight is 334 g/mol. The quantitative estimate of drug-likeness (QED) is 0.363. The Morgan fingerprint density at radius 1 is 1.46 bits per heavy atom. The first kappa shape index (κ1) is 16.3. The number of hydrogen-bond donors (Lipinski definition) is 1. The largest absolute Gasteiger partial charge is 0.454 e. The van der Waals surface area contributed by atoms with Crippen LogP contribution in [0.3, 0.4) is 0 Å². The molecule has 1 spiro atoms. The normalized spacial score (nSPS) is 52.3. The Morgan fingerprint density at radius 2 is 2.17 bits per heavy atom. The molecule has 24 heavy (non-hydrogen) atoms. The summed E-state index contributed by atoms with van der Waals surface area (Å²) in [4.78, 5) is 12.0. The number of esters is 1. The Labute approximate surface area is 142 Å². The summed E-state index contributed by atoms with van der Waals surface area (Å²) in [7, 11) is 0. The molecule has 0 aromatic rings. The molecule has 1 saturated carbocycles. The molecule has 2 bridgehead atoms. The van der Waals surface area contributed by atoms with Crippen molar-refractivity contribution in [2.24, 2.45) is 10.8 Å². The number of fused-ring (bicyclic) bond motifs is 2. The molecule has 5 nitrogen and oxygen atoms in total. The number of hydrogen-bond acceptors (Lipinski definition) is 5. The molecule has 2 saturated heterocycles. The van der Waals surface area contributed by atoms with Crippen LogP contribution in [0.5, 0.6) is 0 Å². The van der Waals surface area contributed by atoms with E-state index in [1.165, 1.54) is 11.6 Å². The van der Waals surface area contributed by atoms with Crippen LogP contribution in [0.2, 0.25) is 0 Å². The molecule has 3 fully saturated rings. The Hall–Kier alpha value is -1.17. The minimum atomic E-state index is -0.805.